The highest BCUT2D eigenvalue weighted by atomic mass is 32.2. The van der Waals surface area contributed by atoms with Gasteiger partial charge >= 0.3 is 0 Å². The third kappa shape index (κ3) is 1.95. The molecule has 1 aromatic heterocycles. The lowest BCUT2D eigenvalue weighted by Crippen LogP contribution is -2.38. The monoisotopic (exact) mass is 328 g/mol. The summed E-state index contributed by atoms with van der Waals surface area (Å²) in [7, 11) is 0. The summed E-state index contributed by atoms with van der Waals surface area (Å²) in [6.07, 6.45) is 1.95. The largest absolute Gasteiger partial charge is 0.507 e. The second-order valence-corrected chi connectivity index (χ2v) is 7.23. The van der Waals surface area contributed by atoms with E-state index in [-0.39, 0.29) is 16.9 Å². The highest BCUT2D eigenvalue weighted by molar-refractivity contribution is 8.04. The SMILES string of the molecule is NCc1ccc(-c2c(O)ccc3c2=C2C=CSC2C(=O)N=3)s1. The van der Waals surface area contributed by atoms with E-state index in [1.165, 1.54) is 11.8 Å². The Bertz CT molecular complexity index is 944. The van der Waals surface area contributed by atoms with Crippen LogP contribution in [0, 0.1) is 0 Å². The number of hydrogen-bond acceptors (Lipinski definition) is 5. The van der Waals surface area contributed by atoms with Crippen LogP contribution >= 0.6 is 23.1 Å². The second-order valence-electron chi connectivity index (χ2n) is 5.05. The number of aromatic hydroxyl groups is 1. The normalized spacial score (nSPS) is 19.0. The molecule has 0 saturated heterocycles. The van der Waals surface area contributed by atoms with E-state index in [1.54, 1.807) is 23.5 Å². The minimum Gasteiger partial charge on any atom is -0.507 e. The first-order valence-electron chi connectivity index (χ1n) is 6.79. The van der Waals surface area contributed by atoms with Gasteiger partial charge in [-0.1, -0.05) is 6.08 Å². The molecule has 0 fully saturated rings. The molecule has 0 aliphatic carbocycles. The van der Waals surface area contributed by atoms with Gasteiger partial charge in [-0.05, 0) is 35.2 Å². The third-order valence-electron chi connectivity index (χ3n) is 3.76. The minimum atomic E-state index is -0.290. The molecule has 3 heterocycles. The van der Waals surface area contributed by atoms with Gasteiger partial charge in [0.2, 0.25) is 0 Å². The molecule has 4 nitrogen and oxygen atoms in total. The predicted molar refractivity (Wildman–Crippen MR) is 89.0 cm³/mol. The van der Waals surface area contributed by atoms with Crippen LogP contribution in [0.2, 0.25) is 0 Å². The summed E-state index contributed by atoms with van der Waals surface area (Å²) in [6, 6.07) is 7.22. The van der Waals surface area contributed by atoms with E-state index in [9.17, 15) is 9.90 Å². The summed E-state index contributed by atoms with van der Waals surface area (Å²) in [6.45, 7) is 0.471. The fourth-order valence-electron chi connectivity index (χ4n) is 2.77. The molecule has 0 saturated carbocycles. The zero-order valence-corrected chi connectivity index (χ0v) is 13.1. The minimum absolute atomic E-state index is 0.136. The van der Waals surface area contributed by atoms with Crippen LogP contribution < -0.4 is 16.3 Å². The van der Waals surface area contributed by atoms with E-state index in [0.717, 1.165) is 26.1 Å². The molecule has 2 aliphatic rings. The van der Waals surface area contributed by atoms with Crippen LogP contribution in [0.1, 0.15) is 4.88 Å². The number of phenols is 1. The topological polar surface area (TPSA) is 75.7 Å². The summed E-state index contributed by atoms with van der Waals surface area (Å²) >= 11 is 3.01. The van der Waals surface area contributed by atoms with E-state index in [0.29, 0.717) is 11.9 Å². The number of hydrogen-bond donors (Lipinski definition) is 2. The summed E-state index contributed by atoms with van der Waals surface area (Å²) in [4.78, 5) is 18.3. The van der Waals surface area contributed by atoms with Crippen LogP contribution in [-0.4, -0.2) is 16.3 Å². The maximum absolute atomic E-state index is 12.1. The summed E-state index contributed by atoms with van der Waals surface area (Å²) in [5.74, 6) is 0.0632. The maximum atomic E-state index is 12.1. The van der Waals surface area contributed by atoms with Gasteiger partial charge in [0, 0.05) is 27.1 Å². The molecule has 6 heteroatoms. The molecule has 2 aliphatic heterocycles. The first-order valence-corrected chi connectivity index (χ1v) is 8.55. The lowest BCUT2D eigenvalue weighted by molar-refractivity contribution is -0.116. The fraction of sp³-hybridized carbons (Fsp3) is 0.125. The van der Waals surface area contributed by atoms with Crippen molar-refractivity contribution in [1.82, 2.24) is 0 Å². The van der Waals surface area contributed by atoms with Gasteiger partial charge in [-0.25, -0.2) is 4.99 Å². The number of thioether (sulfide) groups is 1. The molecule has 4 rings (SSSR count). The van der Waals surface area contributed by atoms with Gasteiger partial charge in [-0.3, -0.25) is 4.79 Å². The standard InChI is InChI=1S/C16H12N2O2S2/c17-7-8-1-4-12(22-8)14-11(19)3-2-10-13(14)9-5-6-21-15(9)16(20)18-10/h1-6,15,19H,7,17H2. The highest BCUT2D eigenvalue weighted by Crippen LogP contribution is 2.35. The quantitative estimate of drug-likeness (QED) is 0.876. The first kappa shape index (κ1) is 13.8. The average molecular weight is 328 g/mol. The smallest absolute Gasteiger partial charge is 0.264 e. The van der Waals surface area contributed by atoms with Gasteiger partial charge in [-0.2, -0.15) is 0 Å². The number of nitrogens with zero attached hydrogens (tertiary/aromatic N) is 1. The van der Waals surface area contributed by atoms with Gasteiger partial charge in [-0.15, -0.1) is 23.1 Å². The number of allylic oxidation sites excluding steroid dienone is 1. The molecule has 0 radical (unpaired) electrons. The highest BCUT2D eigenvalue weighted by Gasteiger charge is 2.30. The maximum Gasteiger partial charge on any atom is 0.264 e. The van der Waals surface area contributed by atoms with Crippen LogP contribution in [0.5, 0.6) is 5.75 Å². The van der Waals surface area contributed by atoms with E-state index < -0.39 is 0 Å². The second kappa shape index (κ2) is 5.08. The van der Waals surface area contributed by atoms with Crippen molar-refractivity contribution in [3.63, 3.8) is 0 Å². The van der Waals surface area contributed by atoms with Crippen molar-refractivity contribution in [1.29, 1.82) is 0 Å². The number of amides is 1. The zero-order valence-electron chi connectivity index (χ0n) is 11.4. The van der Waals surface area contributed by atoms with Crippen LogP contribution in [0.3, 0.4) is 0 Å². The predicted octanol–water partition coefficient (Wildman–Crippen LogP) is 1.52. The molecule has 110 valence electrons. The molecule has 1 unspecified atom stereocenters. The zero-order chi connectivity index (χ0) is 15.3. The number of rotatable bonds is 2. The number of thiophene rings is 1. The molecule has 1 aromatic carbocycles. The van der Waals surface area contributed by atoms with Crippen molar-refractivity contribution in [3.05, 3.63) is 51.2 Å². The Labute approximate surface area is 134 Å². The van der Waals surface area contributed by atoms with Gasteiger partial charge in [0.15, 0.2) is 0 Å². The van der Waals surface area contributed by atoms with Crippen molar-refractivity contribution < 1.29 is 9.90 Å². The first-order chi connectivity index (χ1) is 10.7. The van der Waals surface area contributed by atoms with Crippen LogP contribution in [0.4, 0.5) is 0 Å². The Morgan fingerprint density at radius 2 is 2.14 bits per heavy atom. The molecular weight excluding hydrogens is 316 g/mol. The van der Waals surface area contributed by atoms with Crippen molar-refractivity contribution in [2.45, 2.75) is 11.8 Å². The molecular formula is C16H12N2O2S2. The Morgan fingerprint density at radius 3 is 2.91 bits per heavy atom. The van der Waals surface area contributed by atoms with E-state index >= 15 is 0 Å². The van der Waals surface area contributed by atoms with E-state index in [4.69, 9.17) is 5.73 Å². The average Bonchev–Trinajstić information content (AvgIpc) is 3.16. The molecule has 2 aromatic rings. The van der Waals surface area contributed by atoms with Gasteiger partial charge < -0.3 is 10.8 Å². The van der Waals surface area contributed by atoms with Gasteiger partial charge in [0.25, 0.3) is 5.91 Å². The number of carbonyl (C=O) groups excluding carboxylic acids is 1. The van der Waals surface area contributed by atoms with E-state index in [2.05, 4.69) is 4.99 Å². The Morgan fingerprint density at radius 1 is 1.27 bits per heavy atom. The van der Waals surface area contributed by atoms with Crippen molar-refractivity contribution in [2.75, 3.05) is 0 Å². The van der Waals surface area contributed by atoms with Crippen molar-refractivity contribution in [3.8, 4) is 16.2 Å². The Balaban J connectivity index is 2.12. The summed E-state index contributed by atoms with van der Waals surface area (Å²) in [5, 5.41) is 13.5. The number of nitrogens with two attached hydrogens (primary N) is 1. The number of fused-ring (bicyclic) bond motifs is 2. The molecule has 3 N–H and O–H groups in total. The molecule has 0 spiro atoms. The van der Waals surface area contributed by atoms with Crippen LogP contribution in [0.25, 0.3) is 16.0 Å². The lowest BCUT2D eigenvalue weighted by atomic mass is 9.99. The summed E-state index contributed by atoms with van der Waals surface area (Å²) < 4.78 is 0. The summed E-state index contributed by atoms with van der Waals surface area (Å²) in [5.41, 5.74) is 7.35. The van der Waals surface area contributed by atoms with Crippen molar-refractivity contribution >= 4 is 34.6 Å². The number of benzene rings is 1. The Kier molecular flexibility index (Phi) is 3.18. The van der Waals surface area contributed by atoms with E-state index in [1.807, 2.05) is 23.6 Å². The lowest BCUT2D eigenvalue weighted by Gasteiger charge is -2.14. The number of phenolic OH excluding ortho intramolecular Hbond substituents is 1. The number of carbonyl (C=O) groups is 1. The fourth-order valence-corrected chi connectivity index (χ4v) is 4.61. The molecule has 22 heavy (non-hydrogen) atoms. The van der Waals surface area contributed by atoms with Crippen LogP contribution in [0.15, 0.2) is 40.7 Å². The Hall–Kier alpha value is -1.89. The van der Waals surface area contributed by atoms with Crippen molar-refractivity contribution in [2.24, 2.45) is 10.7 Å². The molecule has 0 bridgehead atoms. The van der Waals surface area contributed by atoms with Gasteiger partial charge in [0.1, 0.15) is 11.0 Å². The molecule has 1 atom stereocenters. The third-order valence-corrected chi connectivity index (χ3v) is 5.90. The van der Waals surface area contributed by atoms with Crippen LogP contribution in [-0.2, 0) is 11.3 Å². The molecule has 1 amide bonds. The van der Waals surface area contributed by atoms with Gasteiger partial charge in [0.05, 0.1) is 5.36 Å².